The summed E-state index contributed by atoms with van der Waals surface area (Å²) >= 11 is 7.38. The molecule has 0 saturated heterocycles. The third-order valence-electron chi connectivity index (χ3n) is 3.41. The maximum absolute atomic E-state index is 12.1. The Hall–Kier alpha value is -1.46. The average Bonchev–Trinajstić information content (AvgIpc) is 2.72. The fourth-order valence-electron chi connectivity index (χ4n) is 2.21. The molecule has 1 aromatic heterocycles. The van der Waals surface area contributed by atoms with Gasteiger partial charge < -0.3 is 9.88 Å². The smallest absolute Gasteiger partial charge is 0.234 e. The molecule has 0 aliphatic carbocycles. The van der Waals surface area contributed by atoms with Crippen molar-refractivity contribution in [3.8, 4) is 0 Å². The number of imidazole rings is 1. The van der Waals surface area contributed by atoms with E-state index in [0.29, 0.717) is 22.4 Å². The van der Waals surface area contributed by atoms with Gasteiger partial charge in [0.1, 0.15) is 0 Å². The van der Waals surface area contributed by atoms with Crippen LogP contribution >= 0.6 is 23.4 Å². The van der Waals surface area contributed by atoms with Gasteiger partial charge >= 0.3 is 0 Å². The standard InChI is InChI=1S/C17H22ClN3OS/c1-11(2)9-21-13(4)12(3)19-17(21)23-10-16(22)20-15-7-5-6-14(18)8-15/h5-8,11H,9-10H2,1-4H3,(H,20,22). The van der Waals surface area contributed by atoms with Crippen molar-refractivity contribution in [1.29, 1.82) is 0 Å². The number of rotatable bonds is 6. The van der Waals surface area contributed by atoms with Crippen LogP contribution in [-0.4, -0.2) is 21.2 Å². The number of hydrogen-bond donors (Lipinski definition) is 1. The number of amides is 1. The van der Waals surface area contributed by atoms with Gasteiger partial charge in [-0.3, -0.25) is 4.79 Å². The number of anilines is 1. The SMILES string of the molecule is Cc1nc(SCC(=O)Nc2cccc(Cl)c2)n(CC(C)C)c1C. The molecule has 0 aliphatic heterocycles. The molecular formula is C17H22ClN3OS. The topological polar surface area (TPSA) is 46.9 Å². The maximum atomic E-state index is 12.1. The van der Waals surface area contributed by atoms with Crippen LogP contribution < -0.4 is 5.32 Å². The molecule has 0 saturated carbocycles. The van der Waals surface area contributed by atoms with E-state index in [2.05, 4.69) is 35.6 Å². The highest BCUT2D eigenvalue weighted by molar-refractivity contribution is 7.99. The number of halogens is 1. The number of hydrogen-bond acceptors (Lipinski definition) is 3. The van der Waals surface area contributed by atoms with Crippen LogP contribution in [0.3, 0.4) is 0 Å². The average molecular weight is 352 g/mol. The van der Waals surface area contributed by atoms with Crippen molar-refractivity contribution in [2.45, 2.75) is 39.4 Å². The number of carbonyl (C=O) groups is 1. The predicted molar refractivity (Wildman–Crippen MR) is 97.3 cm³/mol. The Kier molecular flexibility index (Phi) is 6.13. The lowest BCUT2D eigenvalue weighted by atomic mass is 10.2. The van der Waals surface area contributed by atoms with E-state index >= 15 is 0 Å². The Morgan fingerprint density at radius 2 is 2.13 bits per heavy atom. The number of thioether (sulfide) groups is 1. The second kappa shape index (κ2) is 7.88. The lowest BCUT2D eigenvalue weighted by Crippen LogP contribution is -2.15. The highest BCUT2D eigenvalue weighted by Crippen LogP contribution is 2.23. The van der Waals surface area contributed by atoms with Gasteiger partial charge in [0, 0.05) is 22.9 Å². The molecule has 23 heavy (non-hydrogen) atoms. The summed E-state index contributed by atoms with van der Waals surface area (Å²) in [7, 11) is 0. The molecule has 2 rings (SSSR count). The van der Waals surface area contributed by atoms with E-state index in [1.807, 2.05) is 19.1 Å². The zero-order valence-electron chi connectivity index (χ0n) is 13.9. The van der Waals surface area contributed by atoms with E-state index in [9.17, 15) is 4.79 Å². The summed E-state index contributed by atoms with van der Waals surface area (Å²) < 4.78 is 2.19. The number of benzene rings is 1. The number of nitrogens with one attached hydrogen (secondary N) is 1. The zero-order chi connectivity index (χ0) is 17.0. The molecule has 2 aromatic rings. The monoisotopic (exact) mass is 351 g/mol. The van der Waals surface area contributed by atoms with Crippen LogP contribution in [0.15, 0.2) is 29.4 Å². The molecule has 0 fully saturated rings. The van der Waals surface area contributed by atoms with Crippen LogP contribution in [0.2, 0.25) is 5.02 Å². The normalized spacial score (nSPS) is 11.0. The molecule has 0 radical (unpaired) electrons. The first kappa shape index (κ1) is 17.9. The molecule has 1 aromatic carbocycles. The van der Waals surface area contributed by atoms with Crippen LogP contribution in [0.4, 0.5) is 5.69 Å². The van der Waals surface area contributed by atoms with E-state index in [0.717, 1.165) is 23.1 Å². The van der Waals surface area contributed by atoms with Crippen LogP contribution in [0.25, 0.3) is 0 Å². The minimum absolute atomic E-state index is 0.0633. The summed E-state index contributed by atoms with van der Waals surface area (Å²) in [5.74, 6) is 0.786. The molecular weight excluding hydrogens is 330 g/mol. The summed E-state index contributed by atoms with van der Waals surface area (Å²) in [6, 6.07) is 7.15. The molecule has 0 atom stereocenters. The Bertz CT molecular complexity index is 697. The van der Waals surface area contributed by atoms with Crippen molar-refractivity contribution in [2.75, 3.05) is 11.1 Å². The molecule has 0 bridgehead atoms. The molecule has 0 unspecified atom stereocenters. The lowest BCUT2D eigenvalue weighted by molar-refractivity contribution is -0.113. The molecule has 6 heteroatoms. The Labute approximate surface area is 146 Å². The van der Waals surface area contributed by atoms with Crippen molar-refractivity contribution in [3.05, 3.63) is 40.7 Å². The predicted octanol–water partition coefficient (Wildman–Crippen LogP) is 4.54. The van der Waals surface area contributed by atoms with Gasteiger partial charge in [-0.1, -0.05) is 43.3 Å². The van der Waals surface area contributed by atoms with Gasteiger partial charge in [-0.2, -0.15) is 0 Å². The Balaban J connectivity index is 2.00. The van der Waals surface area contributed by atoms with Crippen molar-refractivity contribution in [3.63, 3.8) is 0 Å². The highest BCUT2D eigenvalue weighted by Gasteiger charge is 2.14. The summed E-state index contributed by atoms with van der Waals surface area (Å²) in [5, 5.41) is 4.36. The maximum Gasteiger partial charge on any atom is 0.234 e. The van der Waals surface area contributed by atoms with E-state index < -0.39 is 0 Å². The van der Waals surface area contributed by atoms with E-state index in [4.69, 9.17) is 11.6 Å². The first-order valence-corrected chi connectivity index (χ1v) is 8.95. The molecule has 1 amide bonds. The molecule has 0 aliphatic rings. The zero-order valence-corrected chi connectivity index (χ0v) is 15.5. The van der Waals surface area contributed by atoms with Gasteiger partial charge in [0.05, 0.1) is 11.4 Å². The summed E-state index contributed by atoms with van der Waals surface area (Å²) in [6.07, 6.45) is 0. The summed E-state index contributed by atoms with van der Waals surface area (Å²) in [5.41, 5.74) is 2.89. The molecule has 1 N–H and O–H groups in total. The first-order valence-electron chi connectivity index (χ1n) is 7.58. The van der Waals surface area contributed by atoms with Gasteiger partial charge in [-0.25, -0.2) is 4.98 Å². The van der Waals surface area contributed by atoms with Gasteiger partial charge in [0.25, 0.3) is 0 Å². The van der Waals surface area contributed by atoms with Crippen LogP contribution in [0.1, 0.15) is 25.2 Å². The minimum atomic E-state index is -0.0633. The van der Waals surface area contributed by atoms with Gasteiger partial charge in [-0.15, -0.1) is 0 Å². The number of aryl methyl sites for hydroxylation is 1. The Morgan fingerprint density at radius 3 is 2.78 bits per heavy atom. The molecule has 124 valence electrons. The first-order chi connectivity index (χ1) is 10.9. The lowest BCUT2D eigenvalue weighted by Gasteiger charge is -2.12. The van der Waals surface area contributed by atoms with Crippen molar-refractivity contribution < 1.29 is 4.79 Å². The van der Waals surface area contributed by atoms with Crippen molar-refractivity contribution in [2.24, 2.45) is 5.92 Å². The summed E-state index contributed by atoms with van der Waals surface area (Å²) in [4.78, 5) is 16.7. The van der Waals surface area contributed by atoms with E-state index in [1.54, 1.807) is 12.1 Å². The minimum Gasteiger partial charge on any atom is -0.325 e. The molecule has 4 nitrogen and oxygen atoms in total. The van der Waals surface area contributed by atoms with E-state index in [-0.39, 0.29) is 5.91 Å². The van der Waals surface area contributed by atoms with Crippen molar-refractivity contribution in [1.82, 2.24) is 9.55 Å². The Morgan fingerprint density at radius 1 is 1.39 bits per heavy atom. The second-order valence-corrected chi connectivity index (χ2v) is 7.30. The van der Waals surface area contributed by atoms with Crippen LogP contribution in [-0.2, 0) is 11.3 Å². The van der Waals surface area contributed by atoms with Gasteiger partial charge in [-0.05, 0) is 38.0 Å². The van der Waals surface area contributed by atoms with Gasteiger partial charge in [0.15, 0.2) is 5.16 Å². The van der Waals surface area contributed by atoms with E-state index in [1.165, 1.54) is 11.8 Å². The van der Waals surface area contributed by atoms with Crippen LogP contribution in [0.5, 0.6) is 0 Å². The van der Waals surface area contributed by atoms with Gasteiger partial charge in [0.2, 0.25) is 5.91 Å². The van der Waals surface area contributed by atoms with Crippen LogP contribution in [0, 0.1) is 19.8 Å². The molecule has 1 heterocycles. The highest BCUT2D eigenvalue weighted by atomic mass is 35.5. The number of nitrogens with zero attached hydrogens (tertiary/aromatic N) is 2. The van der Waals surface area contributed by atoms with Crippen molar-refractivity contribution >= 4 is 35.0 Å². The number of carbonyl (C=O) groups excluding carboxylic acids is 1. The third-order valence-corrected chi connectivity index (χ3v) is 4.62. The quantitative estimate of drug-likeness (QED) is 0.777. The largest absolute Gasteiger partial charge is 0.325 e. The third kappa shape index (κ3) is 5.01. The fraction of sp³-hybridized carbons (Fsp3) is 0.412. The fourth-order valence-corrected chi connectivity index (χ4v) is 3.30. The summed E-state index contributed by atoms with van der Waals surface area (Å²) in [6.45, 7) is 9.33. The molecule has 0 spiro atoms. The second-order valence-electron chi connectivity index (χ2n) is 5.92. The number of aromatic nitrogens is 2.